The van der Waals surface area contributed by atoms with Crippen LogP contribution >= 0.6 is 15.9 Å². The monoisotopic (exact) mass is 346 g/mol. The molecule has 1 N–H and O–H groups in total. The van der Waals surface area contributed by atoms with E-state index in [0.717, 1.165) is 15.6 Å². The van der Waals surface area contributed by atoms with Crippen molar-refractivity contribution < 1.29 is 9.53 Å². The predicted octanol–water partition coefficient (Wildman–Crippen LogP) is 3.29. The topological polar surface area (TPSA) is 50.7 Å². The summed E-state index contributed by atoms with van der Waals surface area (Å²) >= 11 is 3.33. The number of carbonyl (C=O) groups excluding carboxylic acids is 1. The Hall–Kier alpha value is -2.14. The number of benzene rings is 2. The fourth-order valence-corrected chi connectivity index (χ4v) is 1.88. The third-order valence-electron chi connectivity index (χ3n) is 2.76. The fourth-order valence-electron chi connectivity index (χ4n) is 1.62. The van der Waals surface area contributed by atoms with E-state index in [1.807, 2.05) is 43.3 Å². The van der Waals surface area contributed by atoms with Gasteiger partial charge in [0.15, 0.2) is 6.61 Å². The van der Waals surface area contributed by atoms with Crippen molar-refractivity contribution in [2.24, 2.45) is 5.10 Å². The number of amides is 1. The van der Waals surface area contributed by atoms with Crippen LogP contribution in [0.3, 0.4) is 0 Å². The van der Waals surface area contributed by atoms with Crippen LogP contribution in [0, 0.1) is 6.92 Å². The van der Waals surface area contributed by atoms with Gasteiger partial charge in [-0.2, -0.15) is 5.10 Å². The summed E-state index contributed by atoms with van der Waals surface area (Å²) in [7, 11) is 0. The van der Waals surface area contributed by atoms with Gasteiger partial charge < -0.3 is 4.74 Å². The van der Waals surface area contributed by atoms with Crippen LogP contribution in [-0.4, -0.2) is 18.7 Å². The van der Waals surface area contributed by atoms with Crippen molar-refractivity contribution >= 4 is 28.1 Å². The summed E-state index contributed by atoms with van der Waals surface area (Å²) in [5.74, 6) is 0.332. The van der Waals surface area contributed by atoms with E-state index in [1.165, 1.54) is 0 Å². The molecule has 0 radical (unpaired) electrons. The molecule has 2 aromatic carbocycles. The van der Waals surface area contributed by atoms with Crippen LogP contribution < -0.4 is 10.2 Å². The smallest absolute Gasteiger partial charge is 0.277 e. The van der Waals surface area contributed by atoms with Gasteiger partial charge in [0.25, 0.3) is 5.91 Å². The van der Waals surface area contributed by atoms with Crippen molar-refractivity contribution in [2.45, 2.75) is 6.92 Å². The molecule has 0 aliphatic carbocycles. The minimum Gasteiger partial charge on any atom is -0.484 e. The average molecular weight is 347 g/mol. The summed E-state index contributed by atoms with van der Waals surface area (Å²) < 4.78 is 6.30. The normalized spacial score (nSPS) is 10.6. The van der Waals surface area contributed by atoms with Crippen LogP contribution in [0.2, 0.25) is 0 Å². The number of nitrogens with one attached hydrogen (secondary N) is 1. The van der Waals surface area contributed by atoms with E-state index >= 15 is 0 Å². The number of hydrogen-bond donors (Lipinski definition) is 1. The summed E-state index contributed by atoms with van der Waals surface area (Å²) in [5, 5.41) is 3.92. The zero-order valence-corrected chi connectivity index (χ0v) is 13.1. The molecule has 5 heteroatoms. The highest BCUT2D eigenvalue weighted by atomic mass is 79.9. The molecule has 0 unspecified atom stereocenters. The minimum absolute atomic E-state index is 0.0766. The molecule has 0 heterocycles. The van der Waals surface area contributed by atoms with Gasteiger partial charge in [-0.1, -0.05) is 40.2 Å². The van der Waals surface area contributed by atoms with Crippen molar-refractivity contribution in [3.63, 3.8) is 0 Å². The highest BCUT2D eigenvalue weighted by molar-refractivity contribution is 9.10. The van der Waals surface area contributed by atoms with Crippen molar-refractivity contribution in [3.05, 3.63) is 64.1 Å². The maximum absolute atomic E-state index is 11.6. The SMILES string of the molecule is Cc1ccccc1/C=N/NC(=O)COc1ccc(Br)cc1. The number of ether oxygens (including phenoxy) is 1. The lowest BCUT2D eigenvalue weighted by atomic mass is 10.1. The molecule has 0 saturated carbocycles. The van der Waals surface area contributed by atoms with Crippen LogP contribution in [0.25, 0.3) is 0 Å². The van der Waals surface area contributed by atoms with Gasteiger partial charge in [0.2, 0.25) is 0 Å². The van der Waals surface area contributed by atoms with E-state index in [-0.39, 0.29) is 12.5 Å². The molecule has 2 aromatic rings. The van der Waals surface area contributed by atoms with Gasteiger partial charge in [0.05, 0.1) is 6.21 Å². The first-order valence-corrected chi connectivity index (χ1v) is 7.20. The van der Waals surface area contributed by atoms with Gasteiger partial charge in [-0.15, -0.1) is 0 Å². The van der Waals surface area contributed by atoms with Gasteiger partial charge in [0.1, 0.15) is 5.75 Å². The number of carbonyl (C=O) groups is 1. The van der Waals surface area contributed by atoms with Crippen LogP contribution in [-0.2, 0) is 4.79 Å². The van der Waals surface area contributed by atoms with E-state index in [0.29, 0.717) is 5.75 Å². The maximum Gasteiger partial charge on any atom is 0.277 e. The van der Waals surface area contributed by atoms with Crippen LogP contribution in [0.4, 0.5) is 0 Å². The Kier molecular flexibility index (Phi) is 5.51. The number of rotatable bonds is 5. The Balaban J connectivity index is 1.80. The first-order valence-electron chi connectivity index (χ1n) is 6.41. The van der Waals surface area contributed by atoms with Crippen molar-refractivity contribution in [2.75, 3.05) is 6.61 Å². The standard InChI is InChI=1S/C16H15BrN2O2/c1-12-4-2-3-5-13(12)10-18-19-16(20)11-21-15-8-6-14(17)7-9-15/h2-10H,11H2,1H3,(H,19,20)/b18-10+. The lowest BCUT2D eigenvalue weighted by Crippen LogP contribution is -2.24. The molecule has 1 amide bonds. The molecule has 0 spiro atoms. The maximum atomic E-state index is 11.6. The second kappa shape index (κ2) is 7.59. The second-order valence-electron chi connectivity index (χ2n) is 4.39. The summed E-state index contributed by atoms with van der Waals surface area (Å²) in [4.78, 5) is 11.6. The molecule has 0 bridgehead atoms. The molecular weight excluding hydrogens is 332 g/mol. The van der Waals surface area contributed by atoms with Crippen molar-refractivity contribution in [3.8, 4) is 5.75 Å². The van der Waals surface area contributed by atoms with E-state index in [1.54, 1.807) is 18.3 Å². The number of nitrogens with zero attached hydrogens (tertiary/aromatic N) is 1. The molecular formula is C16H15BrN2O2. The molecule has 108 valence electrons. The Morgan fingerprint density at radius 1 is 1.24 bits per heavy atom. The molecule has 0 aromatic heterocycles. The summed E-state index contributed by atoms with van der Waals surface area (Å²) in [6, 6.07) is 15.1. The van der Waals surface area contributed by atoms with Crippen molar-refractivity contribution in [1.29, 1.82) is 0 Å². The van der Waals surface area contributed by atoms with Crippen LogP contribution in [0.5, 0.6) is 5.75 Å². The van der Waals surface area contributed by atoms with E-state index < -0.39 is 0 Å². The number of hydrogen-bond acceptors (Lipinski definition) is 3. The Morgan fingerprint density at radius 2 is 1.95 bits per heavy atom. The van der Waals surface area contributed by atoms with E-state index in [9.17, 15) is 4.79 Å². The fraction of sp³-hybridized carbons (Fsp3) is 0.125. The molecule has 0 fully saturated rings. The van der Waals surface area contributed by atoms with Crippen molar-refractivity contribution in [1.82, 2.24) is 5.43 Å². The molecule has 4 nitrogen and oxygen atoms in total. The van der Waals surface area contributed by atoms with Crippen LogP contribution in [0.1, 0.15) is 11.1 Å². The first kappa shape index (κ1) is 15.3. The number of hydrazone groups is 1. The van der Waals surface area contributed by atoms with Gasteiger partial charge in [-0.05, 0) is 42.3 Å². The average Bonchev–Trinajstić information content (AvgIpc) is 2.49. The predicted molar refractivity (Wildman–Crippen MR) is 86.6 cm³/mol. The molecule has 0 aliphatic heterocycles. The lowest BCUT2D eigenvalue weighted by molar-refractivity contribution is -0.123. The molecule has 0 saturated heterocycles. The highest BCUT2D eigenvalue weighted by Gasteiger charge is 2.01. The zero-order valence-electron chi connectivity index (χ0n) is 11.5. The molecule has 21 heavy (non-hydrogen) atoms. The summed E-state index contributed by atoms with van der Waals surface area (Å²) in [5.41, 5.74) is 4.50. The van der Waals surface area contributed by atoms with Gasteiger partial charge in [-0.25, -0.2) is 5.43 Å². The lowest BCUT2D eigenvalue weighted by Gasteiger charge is -2.05. The third kappa shape index (κ3) is 5.04. The highest BCUT2D eigenvalue weighted by Crippen LogP contribution is 2.15. The van der Waals surface area contributed by atoms with E-state index in [4.69, 9.17) is 4.74 Å². The number of aryl methyl sites for hydroxylation is 1. The second-order valence-corrected chi connectivity index (χ2v) is 5.31. The Labute approximate surface area is 132 Å². The Morgan fingerprint density at radius 3 is 2.67 bits per heavy atom. The van der Waals surface area contributed by atoms with Gasteiger partial charge >= 0.3 is 0 Å². The first-order chi connectivity index (χ1) is 10.1. The quantitative estimate of drug-likeness (QED) is 0.667. The van der Waals surface area contributed by atoms with Gasteiger partial charge in [0, 0.05) is 4.47 Å². The summed E-state index contributed by atoms with van der Waals surface area (Å²) in [6.45, 7) is 1.91. The third-order valence-corrected chi connectivity index (χ3v) is 3.29. The summed E-state index contributed by atoms with van der Waals surface area (Å²) in [6.07, 6.45) is 1.62. The minimum atomic E-state index is -0.303. The van der Waals surface area contributed by atoms with E-state index in [2.05, 4.69) is 26.5 Å². The number of halogens is 1. The van der Waals surface area contributed by atoms with Crippen LogP contribution in [0.15, 0.2) is 58.1 Å². The van der Waals surface area contributed by atoms with Gasteiger partial charge in [-0.3, -0.25) is 4.79 Å². The Bertz CT molecular complexity index is 639. The zero-order chi connectivity index (χ0) is 15.1. The molecule has 2 rings (SSSR count). The molecule has 0 atom stereocenters. The largest absolute Gasteiger partial charge is 0.484 e. The molecule has 0 aliphatic rings.